The Hall–Kier alpha value is -0.610. The van der Waals surface area contributed by atoms with Crippen molar-refractivity contribution in [3.8, 4) is 0 Å². The lowest BCUT2D eigenvalue weighted by molar-refractivity contribution is 0.497. The van der Waals surface area contributed by atoms with E-state index in [9.17, 15) is 0 Å². The number of aryl methyl sites for hydroxylation is 1. The highest BCUT2D eigenvalue weighted by Crippen LogP contribution is 2.19. The molecule has 0 saturated heterocycles. The summed E-state index contributed by atoms with van der Waals surface area (Å²) in [5, 5.41) is 3.46. The molecule has 0 saturated carbocycles. The molecule has 1 aromatic rings. The van der Waals surface area contributed by atoms with Gasteiger partial charge in [0, 0.05) is 16.7 Å². The molecule has 16 heavy (non-hydrogen) atoms. The molecule has 0 aliphatic rings. The second-order valence-corrected chi connectivity index (χ2v) is 5.31. The molecule has 1 heterocycles. The molecule has 0 aromatic carbocycles. The minimum atomic E-state index is 0.386. The number of nitrogens with zero attached hydrogens (tertiary/aromatic N) is 1. The van der Waals surface area contributed by atoms with Gasteiger partial charge in [-0.15, -0.1) is 0 Å². The Labute approximate surface area is 106 Å². The van der Waals surface area contributed by atoms with Gasteiger partial charge in [0.1, 0.15) is 5.82 Å². The van der Waals surface area contributed by atoms with E-state index in [2.05, 4.69) is 53.1 Å². The van der Waals surface area contributed by atoms with Crippen molar-refractivity contribution in [3.05, 3.63) is 22.3 Å². The highest BCUT2D eigenvalue weighted by atomic mass is 79.9. The van der Waals surface area contributed by atoms with E-state index in [1.54, 1.807) is 0 Å². The Morgan fingerprint density at radius 3 is 2.69 bits per heavy atom. The van der Waals surface area contributed by atoms with Crippen molar-refractivity contribution < 1.29 is 0 Å². The Morgan fingerprint density at radius 1 is 1.50 bits per heavy atom. The van der Waals surface area contributed by atoms with Crippen molar-refractivity contribution in [2.75, 3.05) is 11.9 Å². The highest BCUT2D eigenvalue weighted by molar-refractivity contribution is 9.10. The van der Waals surface area contributed by atoms with E-state index in [1.807, 2.05) is 6.20 Å². The average Bonchev–Trinajstić information content (AvgIpc) is 2.20. The zero-order valence-electron chi connectivity index (χ0n) is 10.1. The normalized spacial score (nSPS) is 12.9. The van der Waals surface area contributed by atoms with E-state index in [1.165, 1.54) is 0 Å². The third-order valence-electron chi connectivity index (χ3n) is 2.65. The number of hydrogen-bond acceptors (Lipinski definition) is 3. The first-order valence-corrected chi connectivity index (χ1v) is 6.42. The van der Waals surface area contributed by atoms with Crippen molar-refractivity contribution in [2.45, 2.75) is 33.2 Å². The first-order chi connectivity index (χ1) is 7.54. The van der Waals surface area contributed by atoms with E-state index < -0.39 is 0 Å². The number of pyridine rings is 1. The molecule has 0 fully saturated rings. The fourth-order valence-electron chi connectivity index (χ4n) is 1.62. The van der Waals surface area contributed by atoms with Gasteiger partial charge in [-0.2, -0.15) is 0 Å². The third kappa shape index (κ3) is 3.76. The Bertz CT molecular complexity index is 339. The van der Waals surface area contributed by atoms with Crippen molar-refractivity contribution in [2.24, 2.45) is 11.7 Å². The van der Waals surface area contributed by atoms with Crippen LogP contribution >= 0.6 is 15.9 Å². The van der Waals surface area contributed by atoms with Crippen molar-refractivity contribution in [3.63, 3.8) is 0 Å². The van der Waals surface area contributed by atoms with Crippen LogP contribution in [0.3, 0.4) is 0 Å². The minimum absolute atomic E-state index is 0.386. The summed E-state index contributed by atoms with van der Waals surface area (Å²) in [7, 11) is 0. The summed E-state index contributed by atoms with van der Waals surface area (Å²) in [6.45, 7) is 7.15. The number of nitrogens with one attached hydrogen (secondary N) is 1. The number of rotatable bonds is 5. The molecule has 1 rings (SSSR count). The maximum Gasteiger partial charge on any atom is 0.129 e. The van der Waals surface area contributed by atoms with Crippen LogP contribution in [-0.4, -0.2) is 17.6 Å². The molecule has 1 atom stereocenters. The minimum Gasteiger partial charge on any atom is -0.367 e. The van der Waals surface area contributed by atoms with E-state index >= 15 is 0 Å². The van der Waals surface area contributed by atoms with E-state index in [0.29, 0.717) is 18.5 Å². The summed E-state index contributed by atoms with van der Waals surface area (Å²) < 4.78 is 1.01. The first-order valence-electron chi connectivity index (χ1n) is 5.63. The van der Waals surface area contributed by atoms with Crippen LogP contribution in [0.2, 0.25) is 0 Å². The molecule has 3 nitrogen and oxygen atoms in total. The average molecular weight is 286 g/mol. The zero-order valence-corrected chi connectivity index (χ0v) is 11.7. The first kappa shape index (κ1) is 13.5. The van der Waals surface area contributed by atoms with Crippen LogP contribution in [0.4, 0.5) is 5.82 Å². The maximum absolute atomic E-state index is 5.62. The lowest BCUT2D eigenvalue weighted by Gasteiger charge is -2.23. The molecular formula is C12H20BrN3. The number of halogens is 1. The molecule has 3 N–H and O–H groups in total. The second kappa shape index (κ2) is 6.21. The van der Waals surface area contributed by atoms with Crippen LogP contribution in [0.1, 0.15) is 25.8 Å². The molecule has 4 heteroatoms. The Kier molecular flexibility index (Phi) is 5.22. The standard InChI is InChI=1S/C12H20BrN3/c1-8(2)11(4-5-14)16-12-9(3)6-10(13)7-15-12/h6-8,11H,4-5,14H2,1-3H3,(H,15,16). The fourth-order valence-corrected chi connectivity index (χ4v) is 2.06. The highest BCUT2D eigenvalue weighted by Gasteiger charge is 2.13. The summed E-state index contributed by atoms with van der Waals surface area (Å²) >= 11 is 3.41. The van der Waals surface area contributed by atoms with Gasteiger partial charge < -0.3 is 11.1 Å². The van der Waals surface area contributed by atoms with Crippen molar-refractivity contribution in [1.29, 1.82) is 0 Å². The summed E-state index contributed by atoms with van der Waals surface area (Å²) in [6, 6.07) is 2.45. The van der Waals surface area contributed by atoms with E-state index in [4.69, 9.17) is 5.73 Å². The number of anilines is 1. The largest absolute Gasteiger partial charge is 0.367 e. The van der Waals surface area contributed by atoms with Crippen molar-refractivity contribution >= 4 is 21.7 Å². The summed E-state index contributed by atoms with van der Waals surface area (Å²) in [5.41, 5.74) is 6.77. The van der Waals surface area contributed by atoms with Gasteiger partial charge in [0.15, 0.2) is 0 Å². The molecule has 1 aromatic heterocycles. The van der Waals surface area contributed by atoms with Crippen LogP contribution in [0, 0.1) is 12.8 Å². The monoisotopic (exact) mass is 285 g/mol. The van der Waals surface area contributed by atoms with Crippen LogP contribution in [0.15, 0.2) is 16.7 Å². The van der Waals surface area contributed by atoms with Crippen molar-refractivity contribution in [1.82, 2.24) is 4.98 Å². The third-order valence-corrected chi connectivity index (χ3v) is 3.08. The predicted molar refractivity (Wildman–Crippen MR) is 72.6 cm³/mol. The van der Waals surface area contributed by atoms with Gasteiger partial charge in [-0.1, -0.05) is 13.8 Å². The predicted octanol–water partition coefficient (Wildman–Crippen LogP) is 2.94. The number of nitrogens with two attached hydrogens (primary N) is 1. The van der Waals surface area contributed by atoms with Gasteiger partial charge in [-0.05, 0) is 53.4 Å². The SMILES string of the molecule is Cc1cc(Br)cnc1NC(CCN)C(C)C. The fraction of sp³-hybridized carbons (Fsp3) is 0.583. The van der Waals surface area contributed by atoms with E-state index in [-0.39, 0.29) is 0 Å². The van der Waals surface area contributed by atoms with Gasteiger partial charge in [0.2, 0.25) is 0 Å². The number of aromatic nitrogens is 1. The zero-order chi connectivity index (χ0) is 12.1. The molecule has 1 unspecified atom stereocenters. The lowest BCUT2D eigenvalue weighted by atomic mass is 10.0. The van der Waals surface area contributed by atoms with Crippen LogP contribution in [0.5, 0.6) is 0 Å². The van der Waals surface area contributed by atoms with Crippen LogP contribution in [0.25, 0.3) is 0 Å². The smallest absolute Gasteiger partial charge is 0.129 e. The van der Waals surface area contributed by atoms with Crippen LogP contribution in [-0.2, 0) is 0 Å². The van der Waals surface area contributed by atoms with Gasteiger partial charge >= 0.3 is 0 Å². The Balaban J connectivity index is 2.77. The summed E-state index contributed by atoms with van der Waals surface area (Å²) in [5.74, 6) is 1.50. The molecule has 0 radical (unpaired) electrons. The molecule has 0 amide bonds. The Morgan fingerprint density at radius 2 is 2.19 bits per heavy atom. The molecule has 0 aliphatic heterocycles. The molecule has 0 bridgehead atoms. The second-order valence-electron chi connectivity index (χ2n) is 4.39. The van der Waals surface area contributed by atoms with Gasteiger partial charge in [-0.3, -0.25) is 0 Å². The molecule has 0 aliphatic carbocycles. The van der Waals surface area contributed by atoms with Gasteiger partial charge in [0.05, 0.1) is 0 Å². The van der Waals surface area contributed by atoms with Crippen LogP contribution < -0.4 is 11.1 Å². The van der Waals surface area contributed by atoms with Gasteiger partial charge in [-0.25, -0.2) is 4.98 Å². The topological polar surface area (TPSA) is 50.9 Å². The summed E-state index contributed by atoms with van der Waals surface area (Å²) in [6.07, 6.45) is 2.78. The maximum atomic E-state index is 5.62. The lowest BCUT2D eigenvalue weighted by Crippen LogP contribution is -2.29. The van der Waals surface area contributed by atoms with E-state index in [0.717, 1.165) is 22.3 Å². The quantitative estimate of drug-likeness (QED) is 0.875. The van der Waals surface area contributed by atoms with Gasteiger partial charge in [0.25, 0.3) is 0 Å². The summed E-state index contributed by atoms with van der Waals surface area (Å²) in [4.78, 5) is 4.38. The number of hydrogen-bond donors (Lipinski definition) is 2. The molecular weight excluding hydrogens is 266 g/mol. The molecule has 90 valence electrons. The molecule has 0 spiro atoms.